The second kappa shape index (κ2) is 5.83. The van der Waals surface area contributed by atoms with Gasteiger partial charge in [-0.3, -0.25) is 14.9 Å². The summed E-state index contributed by atoms with van der Waals surface area (Å²) in [6, 6.07) is 1.80. The number of benzene rings is 1. The van der Waals surface area contributed by atoms with Crippen LogP contribution < -0.4 is 11.1 Å². The van der Waals surface area contributed by atoms with Crippen LogP contribution in [-0.4, -0.2) is 30.6 Å². The number of ether oxygens (including phenoxy) is 1. The third kappa shape index (κ3) is 2.85. The minimum absolute atomic E-state index is 0.168. The van der Waals surface area contributed by atoms with Gasteiger partial charge in [0.05, 0.1) is 11.5 Å². The average Bonchev–Trinajstić information content (AvgIpc) is 2.89. The lowest BCUT2D eigenvalue weighted by molar-refractivity contribution is -0.384. The minimum Gasteiger partial charge on any atom is -0.392 e. The predicted molar refractivity (Wildman–Crippen MR) is 68.7 cm³/mol. The van der Waals surface area contributed by atoms with Crippen molar-refractivity contribution >= 4 is 17.3 Å². The molecule has 1 aromatic rings. The summed E-state index contributed by atoms with van der Waals surface area (Å²) < 4.78 is 18.8. The second-order valence-electron chi connectivity index (χ2n) is 4.55. The van der Waals surface area contributed by atoms with Crippen molar-refractivity contribution in [2.45, 2.75) is 6.42 Å². The lowest BCUT2D eigenvalue weighted by atomic mass is 10.1. The number of halogens is 1. The largest absolute Gasteiger partial charge is 0.392 e. The Morgan fingerprint density at radius 1 is 1.60 bits per heavy atom. The topological polar surface area (TPSA) is 107 Å². The Labute approximate surface area is 114 Å². The van der Waals surface area contributed by atoms with Crippen molar-refractivity contribution in [1.82, 2.24) is 5.32 Å². The zero-order valence-corrected chi connectivity index (χ0v) is 10.6. The number of nitrogen functional groups attached to an aromatic ring is 1. The summed E-state index contributed by atoms with van der Waals surface area (Å²) in [7, 11) is 0. The number of nitrogens with zero attached hydrogens (tertiary/aromatic N) is 1. The van der Waals surface area contributed by atoms with Gasteiger partial charge in [0.25, 0.3) is 11.6 Å². The summed E-state index contributed by atoms with van der Waals surface area (Å²) in [6.07, 6.45) is 0.813. The molecule has 108 valence electrons. The molecule has 1 aliphatic heterocycles. The van der Waals surface area contributed by atoms with Crippen molar-refractivity contribution in [3.63, 3.8) is 0 Å². The fourth-order valence-corrected chi connectivity index (χ4v) is 2.04. The van der Waals surface area contributed by atoms with E-state index < -0.39 is 33.6 Å². The van der Waals surface area contributed by atoms with Crippen LogP contribution in [0.3, 0.4) is 0 Å². The molecule has 0 saturated carbocycles. The van der Waals surface area contributed by atoms with Gasteiger partial charge in [0.2, 0.25) is 0 Å². The summed E-state index contributed by atoms with van der Waals surface area (Å²) in [5, 5.41) is 13.3. The number of carbonyl (C=O) groups excluding carboxylic acids is 1. The number of nitro benzene ring substituents is 1. The van der Waals surface area contributed by atoms with Crippen molar-refractivity contribution in [3.05, 3.63) is 33.6 Å². The third-order valence-corrected chi connectivity index (χ3v) is 3.17. The van der Waals surface area contributed by atoms with E-state index in [9.17, 15) is 19.3 Å². The van der Waals surface area contributed by atoms with E-state index in [-0.39, 0.29) is 5.92 Å². The maximum absolute atomic E-state index is 13.7. The number of carbonyl (C=O) groups is 1. The molecule has 1 aliphatic rings. The Balaban J connectivity index is 2.15. The molecule has 20 heavy (non-hydrogen) atoms. The van der Waals surface area contributed by atoms with E-state index in [2.05, 4.69) is 5.32 Å². The van der Waals surface area contributed by atoms with Crippen LogP contribution in [0.4, 0.5) is 15.8 Å². The normalized spacial score (nSPS) is 17.9. The van der Waals surface area contributed by atoms with Gasteiger partial charge in [-0.25, -0.2) is 4.39 Å². The number of hydrogen-bond donors (Lipinski definition) is 2. The van der Waals surface area contributed by atoms with Gasteiger partial charge in [0.15, 0.2) is 0 Å². The Morgan fingerprint density at radius 3 is 2.95 bits per heavy atom. The smallest absolute Gasteiger partial charge is 0.293 e. The Morgan fingerprint density at radius 2 is 2.35 bits per heavy atom. The zero-order valence-electron chi connectivity index (χ0n) is 10.6. The molecule has 2 rings (SSSR count). The van der Waals surface area contributed by atoms with Gasteiger partial charge in [0, 0.05) is 25.1 Å². The highest BCUT2D eigenvalue weighted by Gasteiger charge is 2.24. The van der Waals surface area contributed by atoms with Crippen LogP contribution in [0.2, 0.25) is 0 Å². The van der Waals surface area contributed by atoms with Gasteiger partial charge in [-0.15, -0.1) is 0 Å². The van der Waals surface area contributed by atoms with Crippen LogP contribution in [0.1, 0.15) is 16.8 Å². The number of amides is 1. The molecule has 1 heterocycles. The Kier molecular flexibility index (Phi) is 4.14. The van der Waals surface area contributed by atoms with E-state index in [0.29, 0.717) is 19.8 Å². The monoisotopic (exact) mass is 283 g/mol. The lowest BCUT2D eigenvalue weighted by Gasteiger charge is -2.11. The van der Waals surface area contributed by atoms with Gasteiger partial charge in [-0.05, 0) is 12.5 Å². The third-order valence-electron chi connectivity index (χ3n) is 3.17. The fraction of sp³-hybridized carbons (Fsp3) is 0.417. The predicted octanol–water partition coefficient (Wildman–Crippen LogP) is 1.08. The highest BCUT2D eigenvalue weighted by atomic mass is 19.1. The first-order valence-corrected chi connectivity index (χ1v) is 6.09. The van der Waals surface area contributed by atoms with Crippen molar-refractivity contribution in [1.29, 1.82) is 0 Å². The Bertz CT molecular complexity index is 544. The molecule has 0 spiro atoms. The summed E-state index contributed by atoms with van der Waals surface area (Å²) in [4.78, 5) is 21.9. The molecule has 0 radical (unpaired) electrons. The first kappa shape index (κ1) is 14.2. The van der Waals surface area contributed by atoms with Crippen LogP contribution in [0.15, 0.2) is 12.1 Å². The first-order chi connectivity index (χ1) is 9.50. The molecule has 1 saturated heterocycles. The minimum atomic E-state index is -0.881. The lowest BCUT2D eigenvalue weighted by Crippen LogP contribution is -2.31. The molecule has 0 aliphatic carbocycles. The van der Waals surface area contributed by atoms with Crippen molar-refractivity contribution < 1.29 is 18.8 Å². The van der Waals surface area contributed by atoms with Gasteiger partial charge in [-0.2, -0.15) is 0 Å². The highest BCUT2D eigenvalue weighted by Crippen LogP contribution is 2.27. The van der Waals surface area contributed by atoms with Gasteiger partial charge in [-0.1, -0.05) is 0 Å². The van der Waals surface area contributed by atoms with E-state index in [1.54, 1.807) is 0 Å². The number of rotatable bonds is 4. The standard InChI is InChI=1S/C12H14FN3O4/c13-8-1-2-9(16(18)19)11(14)10(8)12(17)15-5-7-3-4-20-6-7/h1-2,7H,3-6,14H2,(H,15,17). The second-order valence-corrected chi connectivity index (χ2v) is 4.55. The first-order valence-electron chi connectivity index (χ1n) is 6.09. The van der Waals surface area contributed by atoms with Gasteiger partial charge in [0.1, 0.15) is 17.1 Å². The quantitative estimate of drug-likeness (QED) is 0.488. The summed E-state index contributed by atoms with van der Waals surface area (Å²) in [5.74, 6) is -1.47. The van der Waals surface area contributed by atoms with E-state index in [1.165, 1.54) is 0 Å². The molecule has 1 atom stereocenters. The summed E-state index contributed by atoms with van der Waals surface area (Å²) in [6.45, 7) is 1.49. The van der Waals surface area contributed by atoms with Crippen LogP contribution in [-0.2, 0) is 4.74 Å². The van der Waals surface area contributed by atoms with E-state index >= 15 is 0 Å². The molecule has 7 nitrogen and oxygen atoms in total. The van der Waals surface area contributed by atoms with Crippen LogP contribution in [0.5, 0.6) is 0 Å². The molecule has 0 bridgehead atoms. The zero-order chi connectivity index (χ0) is 14.7. The molecule has 0 aromatic heterocycles. The molecule has 8 heteroatoms. The molecular weight excluding hydrogens is 269 g/mol. The van der Waals surface area contributed by atoms with Crippen molar-refractivity contribution in [2.24, 2.45) is 5.92 Å². The summed E-state index contributed by atoms with van der Waals surface area (Å²) >= 11 is 0. The maximum atomic E-state index is 13.7. The van der Waals surface area contributed by atoms with Gasteiger partial charge < -0.3 is 15.8 Å². The van der Waals surface area contributed by atoms with Crippen molar-refractivity contribution in [2.75, 3.05) is 25.5 Å². The molecule has 1 aromatic carbocycles. The number of nitrogens with two attached hydrogens (primary N) is 1. The maximum Gasteiger partial charge on any atom is 0.293 e. The molecular formula is C12H14FN3O4. The molecule has 1 fully saturated rings. The van der Waals surface area contributed by atoms with Crippen LogP contribution in [0, 0.1) is 21.8 Å². The number of anilines is 1. The SMILES string of the molecule is Nc1c([N+](=O)[O-])ccc(F)c1C(=O)NCC1CCOC1. The van der Waals surface area contributed by atoms with E-state index in [1.807, 2.05) is 0 Å². The van der Waals surface area contributed by atoms with Crippen molar-refractivity contribution in [3.8, 4) is 0 Å². The van der Waals surface area contributed by atoms with Gasteiger partial charge >= 0.3 is 0 Å². The Hall–Kier alpha value is -2.22. The van der Waals surface area contributed by atoms with E-state index in [0.717, 1.165) is 18.6 Å². The molecule has 3 N–H and O–H groups in total. The van der Waals surface area contributed by atoms with E-state index in [4.69, 9.17) is 10.5 Å². The van der Waals surface area contributed by atoms with Crippen LogP contribution in [0.25, 0.3) is 0 Å². The number of hydrogen-bond acceptors (Lipinski definition) is 5. The summed E-state index contributed by atoms with van der Waals surface area (Å²) in [5.41, 5.74) is 4.07. The fourth-order valence-electron chi connectivity index (χ4n) is 2.04. The van der Waals surface area contributed by atoms with Crippen LogP contribution >= 0.6 is 0 Å². The number of nitrogens with one attached hydrogen (secondary N) is 1. The highest BCUT2D eigenvalue weighted by molar-refractivity contribution is 6.01. The average molecular weight is 283 g/mol. The molecule has 1 unspecified atom stereocenters. The molecule has 1 amide bonds. The number of nitro groups is 1.